The highest BCUT2D eigenvalue weighted by Gasteiger charge is 2.48. The maximum absolute atomic E-state index is 7.25. The number of para-hydroxylation sites is 2. The lowest BCUT2D eigenvalue weighted by atomic mass is 9.33. The molecule has 0 fully saturated rings. The van der Waals surface area contributed by atoms with Gasteiger partial charge in [0, 0.05) is 66.8 Å². The average molecular weight is 966 g/mol. The van der Waals surface area contributed by atoms with Gasteiger partial charge in [-0.05, 0) is 132 Å². The lowest BCUT2D eigenvalue weighted by Gasteiger charge is -2.42. The Balaban J connectivity index is 1.14. The van der Waals surface area contributed by atoms with E-state index < -0.39 is 0 Å². The van der Waals surface area contributed by atoms with Crippen molar-refractivity contribution < 1.29 is 4.42 Å². The molecule has 8 aromatic carbocycles. The molecule has 3 aliphatic rings. The van der Waals surface area contributed by atoms with E-state index in [1.807, 2.05) is 0 Å². The van der Waals surface area contributed by atoms with Crippen molar-refractivity contribution in [2.45, 2.75) is 124 Å². The van der Waals surface area contributed by atoms with Crippen molar-refractivity contribution in [3.8, 4) is 16.9 Å². The number of fused-ring (bicyclic) bond motifs is 12. The fourth-order valence-corrected chi connectivity index (χ4v) is 12.9. The monoisotopic (exact) mass is 966 g/mol. The fourth-order valence-electron chi connectivity index (χ4n) is 12.9. The smallest absolute Gasteiger partial charge is 0.252 e. The van der Waals surface area contributed by atoms with Crippen molar-refractivity contribution in [3.05, 3.63) is 191 Å². The van der Waals surface area contributed by atoms with Crippen molar-refractivity contribution in [1.29, 1.82) is 0 Å². The molecular formula is C69H68BN3O. The summed E-state index contributed by atoms with van der Waals surface area (Å²) in [5.41, 5.74) is 25.4. The first-order chi connectivity index (χ1) is 35.0. The third-order valence-electron chi connectivity index (χ3n) is 17.0. The first-order valence-electron chi connectivity index (χ1n) is 26.9. The van der Waals surface area contributed by atoms with Crippen molar-refractivity contribution in [2.24, 2.45) is 0 Å². The van der Waals surface area contributed by atoms with Crippen LogP contribution in [-0.4, -0.2) is 11.3 Å². The van der Waals surface area contributed by atoms with Crippen molar-refractivity contribution >= 4 is 90.1 Å². The van der Waals surface area contributed by atoms with Gasteiger partial charge in [0.05, 0.1) is 11.4 Å². The third kappa shape index (κ3) is 6.73. The predicted molar refractivity (Wildman–Crippen MR) is 317 cm³/mol. The van der Waals surface area contributed by atoms with Crippen LogP contribution in [0.5, 0.6) is 0 Å². The van der Waals surface area contributed by atoms with Gasteiger partial charge in [0.25, 0.3) is 6.71 Å². The first-order valence-corrected chi connectivity index (χ1v) is 26.9. The summed E-state index contributed by atoms with van der Waals surface area (Å²) >= 11 is 0. The normalized spacial score (nSPS) is 14.7. The standard InChI is InChI=1S/C69H68BN3O/c1-65(2,3)41-25-30-45(31-26-41)71(46-32-27-42(28-33-46)66(4,5)6)47-34-36-53-56(40-47)72(55-24-18-20-49-48-35-29-43(67(7,8)9)39-59(48)74-64(49)55)57-37-44(68(10,11)12)38-58-61(57)70(53)54-23-17-21-51-60-63(73(58)62(51)54)50-19-15-16-22-52(50)69(60,13)14/h15-40H,1-14H3. The Morgan fingerprint density at radius 1 is 0.459 bits per heavy atom. The molecule has 0 N–H and O–H groups in total. The molecule has 5 heteroatoms. The molecule has 0 unspecified atom stereocenters. The van der Waals surface area contributed by atoms with Crippen LogP contribution >= 0.6 is 0 Å². The van der Waals surface area contributed by atoms with E-state index in [4.69, 9.17) is 4.42 Å². The second-order valence-electron chi connectivity index (χ2n) is 26.3. The van der Waals surface area contributed by atoms with Crippen molar-refractivity contribution in [1.82, 2.24) is 4.57 Å². The second kappa shape index (κ2) is 15.4. The minimum atomic E-state index is -0.180. The van der Waals surface area contributed by atoms with E-state index >= 15 is 0 Å². The number of anilines is 6. The number of aromatic nitrogens is 1. The molecule has 0 spiro atoms. The Kier molecular flexibility index (Phi) is 9.70. The van der Waals surface area contributed by atoms with Gasteiger partial charge in [0.1, 0.15) is 5.58 Å². The zero-order chi connectivity index (χ0) is 51.8. The van der Waals surface area contributed by atoms with Crippen LogP contribution in [0, 0.1) is 0 Å². The molecule has 368 valence electrons. The summed E-state index contributed by atoms with van der Waals surface area (Å²) in [5, 5.41) is 3.60. The van der Waals surface area contributed by atoms with Crippen molar-refractivity contribution in [2.75, 3.05) is 9.80 Å². The van der Waals surface area contributed by atoms with Gasteiger partial charge in [-0.3, -0.25) is 0 Å². The van der Waals surface area contributed by atoms with E-state index in [2.05, 4.69) is 269 Å². The molecule has 2 aliphatic heterocycles. The van der Waals surface area contributed by atoms with Crippen LogP contribution in [-0.2, 0) is 27.1 Å². The Bertz CT molecular complexity index is 3910. The number of benzene rings is 8. The summed E-state index contributed by atoms with van der Waals surface area (Å²) in [5.74, 6) is 0. The van der Waals surface area contributed by atoms with Crippen LogP contribution in [0.2, 0.25) is 0 Å². The molecule has 74 heavy (non-hydrogen) atoms. The lowest BCUT2D eigenvalue weighted by molar-refractivity contribution is 0.587. The minimum absolute atomic E-state index is 0.0240. The highest BCUT2D eigenvalue weighted by Crippen LogP contribution is 2.55. The molecule has 0 amide bonds. The number of hydrogen-bond donors (Lipinski definition) is 0. The zero-order valence-corrected chi connectivity index (χ0v) is 45.8. The first kappa shape index (κ1) is 46.5. The number of nitrogens with zero attached hydrogens (tertiary/aromatic N) is 3. The van der Waals surface area contributed by atoms with E-state index in [0.29, 0.717) is 0 Å². The van der Waals surface area contributed by atoms with E-state index in [1.165, 1.54) is 83.3 Å². The zero-order valence-electron chi connectivity index (χ0n) is 45.8. The maximum Gasteiger partial charge on any atom is 0.252 e. The Morgan fingerprint density at radius 3 is 1.69 bits per heavy atom. The minimum Gasteiger partial charge on any atom is -0.454 e. The number of hydrogen-bond acceptors (Lipinski definition) is 3. The summed E-state index contributed by atoms with van der Waals surface area (Å²) in [6.07, 6.45) is 0. The highest BCUT2D eigenvalue weighted by molar-refractivity contribution is 7.00. The molecular weight excluding hydrogens is 898 g/mol. The summed E-state index contributed by atoms with van der Waals surface area (Å²) in [7, 11) is 0. The quantitative estimate of drug-likeness (QED) is 0.164. The van der Waals surface area contributed by atoms with Crippen LogP contribution in [0.25, 0.3) is 49.8 Å². The van der Waals surface area contributed by atoms with E-state index in [-0.39, 0.29) is 33.8 Å². The Labute approximate surface area is 438 Å². The molecule has 10 aromatic rings. The predicted octanol–water partition coefficient (Wildman–Crippen LogP) is 17.1. The molecule has 4 nitrogen and oxygen atoms in total. The number of furan rings is 1. The molecule has 1 aliphatic carbocycles. The number of rotatable bonds is 4. The Hall–Kier alpha value is -7.24. The van der Waals surface area contributed by atoms with Gasteiger partial charge in [-0.1, -0.05) is 194 Å². The van der Waals surface area contributed by atoms with Gasteiger partial charge in [0.15, 0.2) is 5.58 Å². The van der Waals surface area contributed by atoms with Gasteiger partial charge in [-0.25, -0.2) is 0 Å². The van der Waals surface area contributed by atoms with Gasteiger partial charge < -0.3 is 18.8 Å². The Morgan fingerprint density at radius 2 is 1.04 bits per heavy atom. The molecule has 4 heterocycles. The summed E-state index contributed by atoms with van der Waals surface area (Å²) in [6, 6.07) is 60.7. The molecule has 0 bridgehead atoms. The van der Waals surface area contributed by atoms with E-state index in [9.17, 15) is 0 Å². The van der Waals surface area contributed by atoms with Gasteiger partial charge in [0.2, 0.25) is 0 Å². The highest BCUT2D eigenvalue weighted by atomic mass is 16.3. The van der Waals surface area contributed by atoms with Crippen LogP contribution < -0.4 is 26.2 Å². The summed E-state index contributed by atoms with van der Waals surface area (Å²) in [6.45, 7) is 32.5. The molecule has 0 radical (unpaired) electrons. The van der Waals surface area contributed by atoms with Crippen LogP contribution in [0.15, 0.2) is 162 Å². The topological polar surface area (TPSA) is 24.6 Å². The second-order valence-corrected chi connectivity index (χ2v) is 26.3. The average Bonchev–Trinajstić information content (AvgIpc) is 4.04. The van der Waals surface area contributed by atoms with E-state index in [0.717, 1.165) is 50.4 Å². The SMILES string of the molecule is CC(C)(C)c1ccc(N(c2ccc(C(C)(C)C)cc2)c2ccc3c(c2)N(c2cccc4c2oc2cc(C(C)(C)C)ccc24)c2cc(C(C)(C)C)cc4c2B3c2cccc3c5c(n-4c23)-c2ccccc2C5(C)C)cc1. The molecule has 13 rings (SSSR count). The van der Waals surface area contributed by atoms with Crippen LogP contribution in [0.1, 0.15) is 130 Å². The van der Waals surface area contributed by atoms with Gasteiger partial charge >= 0.3 is 0 Å². The lowest BCUT2D eigenvalue weighted by Crippen LogP contribution is -2.60. The summed E-state index contributed by atoms with van der Waals surface area (Å²) in [4.78, 5) is 5.03. The van der Waals surface area contributed by atoms with E-state index in [1.54, 1.807) is 0 Å². The largest absolute Gasteiger partial charge is 0.454 e. The van der Waals surface area contributed by atoms with Gasteiger partial charge in [-0.15, -0.1) is 0 Å². The molecule has 0 atom stereocenters. The van der Waals surface area contributed by atoms with Crippen molar-refractivity contribution in [3.63, 3.8) is 0 Å². The molecule has 0 saturated heterocycles. The maximum atomic E-state index is 7.25. The van der Waals surface area contributed by atoms with Crippen LogP contribution in [0.4, 0.5) is 34.1 Å². The van der Waals surface area contributed by atoms with Gasteiger partial charge in [-0.2, -0.15) is 0 Å². The van der Waals surface area contributed by atoms with Crippen LogP contribution in [0.3, 0.4) is 0 Å². The summed E-state index contributed by atoms with van der Waals surface area (Å²) < 4.78 is 9.92. The third-order valence-corrected chi connectivity index (χ3v) is 17.0. The fraction of sp³-hybridized carbons (Fsp3) is 0.275. The molecule has 2 aromatic heterocycles. The molecule has 0 saturated carbocycles.